The molecule has 3 aromatic heterocycles. The molecule has 8 nitrogen and oxygen atoms in total. The number of β-amino-alcohol motifs (C(OH)–C–C–N with tert-alkyl or cyclic N) is 1. The topological polar surface area (TPSA) is 92.9 Å². The number of aromatic nitrogens is 6. The van der Waals surface area contributed by atoms with E-state index < -0.39 is 5.60 Å². The predicted molar refractivity (Wildman–Crippen MR) is 108 cm³/mol. The van der Waals surface area contributed by atoms with E-state index in [-0.39, 0.29) is 5.41 Å². The first-order valence-electron chi connectivity index (χ1n) is 9.32. The largest absolute Gasteiger partial charge is 0.388 e. The Balaban J connectivity index is 1.84. The monoisotopic (exact) mass is 401 g/mol. The van der Waals surface area contributed by atoms with E-state index in [4.69, 9.17) is 21.6 Å². The van der Waals surface area contributed by atoms with Crippen LogP contribution in [0.15, 0.2) is 18.3 Å². The van der Waals surface area contributed by atoms with Gasteiger partial charge in [-0.25, -0.2) is 14.6 Å². The van der Waals surface area contributed by atoms with Crippen molar-refractivity contribution in [3.63, 3.8) is 0 Å². The third kappa shape index (κ3) is 3.54. The summed E-state index contributed by atoms with van der Waals surface area (Å²) in [6, 6.07) is 3.60. The Morgan fingerprint density at radius 2 is 2.07 bits per heavy atom. The van der Waals surface area contributed by atoms with Gasteiger partial charge in [0.15, 0.2) is 17.0 Å². The Morgan fingerprint density at radius 3 is 2.71 bits per heavy atom. The number of fused-ring (bicyclic) bond motifs is 1. The molecule has 1 unspecified atom stereocenters. The van der Waals surface area contributed by atoms with Crippen molar-refractivity contribution in [1.29, 1.82) is 0 Å². The zero-order chi connectivity index (χ0) is 20.1. The third-order valence-electron chi connectivity index (χ3n) is 4.90. The highest BCUT2D eigenvalue weighted by Crippen LogP contribution is 2.32. The van der Waals surface area contributed by atoms with Crippen LogP contribution in [0, 0.1) is 0 Å². The average Bonchev–Trinajstić information content (AvgIpc) is 3.18. The zero-order valence-electron chi connectivity index (χ0n) is 16.5. The molecule has 0 saturated carbocycles. The molecule has 9 heteroatoms. The molecule has 4 rings (SSSR count). The summed E-state index contributed by atoms with van der Waals surface area (Å²) in [6.07, 6.45) is 2.38. The van der Waals surface area contributed by atoms with Crippen molar-refractivity contribution in [3.05, 3.63) is 34.9 Å². The smallest absolute Gasteiger partial charge is 0.184 e. The summed E-state index contributed by atoms with van der Waals surface area (Å²) in [7, 11) is 0. The summed E-state index contributed by atoms with van der Waals surface area (Å²) in [5.74, 6) is 1.42. The molecule has 0 bridgehead atoms. The molecular weight excluding hydrogens is 378 g/mol. The molecule has 1 fully saturated rings. The number of pyridine rings is 1. The predicted octanol–water partition coefficient (Wildman–Crippen LogP) is 2.58. The van der Waals surface area contributed by atoms with Crippen molar-refractivity contribution in [2.75, 3.05) is 18.0 Å². The Kier molecular flexibility index (Phi) is 4.50. The number of halogens is 1. The highest BCUT2D eigenvalue weighted by atomic mass is 35.5. The maximum absolute atomic E-state index is 10.4. The molecule has 0 amide bonds. The second kappa shape index (κ2) is 6.63. The summed E-state index contributed by atoms with van der Waals surface area (Å²) >= 11 is 6.27. The lowest BCUT2D eigenvalue weighted by atomic mass is 9.96. The first kappa shape index (κ1) is 19.0. The van der Waals surface area contributed by atoms with Crippen LogP contribution in [0.3, 0.4) is 0 Å². The Labute approximate surface area is 168 Å². The van der Waals surface area contributed by atoms with E-state index in [9.17, 15) is 5.11 Å². The highest BCUT2D eigenvalue weighted by Gasteiger charge is 2.34. The number of nitrogens with zero attached hydrogens (tertiary/aromatic N) is 7. The molecule has 1 atom stereocenters. The maximum atomic E-state index is 10.4. The van der Waals surface area contributed by atoms with Crippen LogP contribution in [-0.4, -0.2) is 53.7 Å². The van der Waals surface area contributed by atoms with Crippen molar-refractivity contribution in [3.8, 4) is 0 Å². The Hall–Kier alpha value is -2.32. The van der Waals surface area contributed by atoms with Gasteiger partial charge in [-0.2, -0.15) is 0 Å². The van der Waals surface area contributed by atoms with Crippen LogP contribution in [0.2, 0.25) is 5.02 Å². The minimum Gasteiger partial charge on any atom is -0.388 e. The molecule has 1 aliphatic rings. The second-order valence-electron chi connectivity index (χ2n) is 8.64. The number of hydrogen-bond acceptors (Lipinski definition) is 7. The van der Waals surface area contributed by atoms with Gasteiger partial charge in [0.05, 0.1) is 22.9 Å². The van der Waals surface area contributed by atoms with Gasteiger partial charge < -0.3 is 10.0 Å². The van der Waals surface area contributed by atoms with Crippen LogP contribution in [0.1, 0.15) is 45.6 Å². The number of rotatable bonds is 3. The lowest BCUT2D eigenvalue weighted by Gasteiger charge is -2.23. The average molecular weight is 402 g/mol. The number of hydrogen-bond donors (Lipinski definition) is 1. The molecule has 4 heterocycles. The van der Waals surface area contributed by atoms with Gasteiger partial charge in [0.2, 0.25) is 0 Å². The van der Waals surface area contributed by atoms with Gasteiger partial charge in [-0.3, -0.25) is 4.98 Å². The summed E-state index contributed by atoms with van der Waals surface area (Å²) in [6.45, 7) is 9.64. The summed E-state index contributed by atoms with van der Waals surface area (Å²) in [4.78, 5) is 16.0. The van der Waals surface area contributed by atoms with Gasteiger partial charge in [-0.15, -0.1) is 5.10 Å². The van der Waals surface area contributed by atoms with Crippen molar-refractivity contribution >= 4 is 28.6 Å². The van der Waals surface area contributed by atoms with Gasteiger partial charge in [0, 0.05) is 24.7 Å². The van der Waals surface area contributed by atoms with E-state index >= 15 is 0 Å². The number of aliphatic hydroxyl groups is 1. The van der Waals surface area contributed by atoms with Gasteiger partial charge in [-0.1, -0.05) is 37.6 Å². The molecule has 1 saturated heterocycles. The Bertz CT molecular complexity index is 1020. The SMILES string of the molecule is CC1(O)CCN(c2nc(C(C)(C)C)nc3c2nnn3Cc2ncccc2Cl)C1. The zero-order valence-corrected chi connectivity index (χ0v) is 17.3. The summed E-state index contributed by atoms with van der Waals surface area (Å²) in [5.41, 5.74) is 0.984. The fraction of sp³-hybridized carbons (Fsp3) is 0.526. The number of anilines is 1. The lowest BCUT2D eigenvalue weighted by molar-refractivity contribution is 0.0839. The summed E-state index contributed by atoms with van der Waals surface area (Å²) < 4.78 is 1.71. The molecule has 148 valence electrons. The van der Waals surface area contributed by atoms with E-state index in [1.807, 2.05) is 6.92 Å². The maximum Gasteiger partial charge on any atom is 0.184 e. The van der Waals surface area contributed by atoms with Crippen molar-refractivity contribution in [2.24, 2.45) is 0 Å². The van der Waals surface area contributed by atoms with Gasteiger partial charge >= 0.3 is 0 Å². The minimum atomic E-state index is -0.739. The van der Waals surface area contributed by atoms with Crippen molar-refractivity contribution in [1.82, 2.24) is 29.9 Å². The molecule has 1 N–H and O–H groups in total. The standard InChI is InChI=1S/C19H24ClN7O/c1-18(2,3)17-22-15(26-9-7-19(4,28)11-26)14-16(23-17)27(25-24-14)10-13-12(20)6-5-8-21-13/h5-6,8,28H,7,9-11H2,1-4H3. The Morgan fingerprint density at radius 1 is 1.29 bits per heavy atom. The third-order valence-corrected chi connectivity index (χ3v) is 5.24. The van der Waals surface area contributed by atoms with Gasteiger partial charge in [0.1, 0.15) is 5.82 Å². The van der Waals surface area contributed by atoms with E-state index in [0.29, 0.717) is 59.6 Å². The molecule has 28 heavy (non-hydrogen) atoms. The van der Waals surface area contributed by atoms with Gasteiger partial charge in [0.25, 0.3) is 0 Å². The van der Waals surface area contributed by atoms with E-state index in [1.54, 1.807) is 23.0 Å². The normalized spacial score (nSPS) is 20.3. The van der Waals surface area contributed by atoms with Crippen LogP contribution in [0.25, 0.3) is 11.2 Å². The van der Waals surface area contributed by atoms with Crippen LogP contribution in [0.5, 0.6) is 0 Å². The first-order valence-corrected chi connectivity index (χ1v) is 9.70. The quantitative estimate of drug-likeness (QED) is 0.720. The van der Waals surface area contributed by atoms with E-state index in [1.165, 1.54) is 0 Å². The van der Waals surface area contributed by atoms with Crippen LogP contribution < -0.4 is 4.90 Å². The van der Waals surface area contributed by atoms with Gasteiger partial charge in [-0.05, 0) is 25.5 Å². The van der Waals surface area contributed by atoms with Crippen LogP contribution in [-0.2, 0) is 12.0 Å². The highest BCUT2D eigenvalue weighted by molar-refractivity contribution is 6.31. The fourth-order valence-electron chi connectivity index (χ4n) is 3.31. The van der Waals surface area contributed by atoms with Crippen LogP contribution in [0.4, 0.5) is 5.82 Å². The molecule has 0 radical (unpaired) electrons. The lowest BCUT2D eigenvalue weighted by Crippen LogP contribution is -2.31. The van der Waals surface area contributed by atoms with E-state index in [2.05, 4.69) is 41.0 Å². The molecule has 0 aliphatic carbocycles. The molecule has 0 aromatic carbocycles. The summed E-state index contributed by atoms with van der Waals surface area (Å²) in [5, 5.41) is 19.6. The molecule has 1 aliphatic heterocycles. The van der Waals surface area contributed by atoms with Crippen molar-refractivity contribution < 1.29 is 5.11 Å². The molecule has 0 spiro atoms. The van der Waals surface area contributed by atoms with Crippen LogP contribution >= 0.6 is 11.6 Å². The fourth-order valence-corrected chi connectivity index (χ4v) is 3.49. The molecule has 3 aromatic rings. The van der Waals surface area contributed by atoms with E-state index in [0.717, 1.165) is 0 Å². The second-order valence-corrected chi connectivity index (χ2v) is 9.05. The first-order chi connectivity index (χ1) is 13.1. The van der Waals surface area contributed by atoms with Crippen molar-refractivity contribution in [2.45, 2.75) is 51.7 Å². The molecular formula is C19H24ClN7O. The minimum absolute atomic E-state index is 0.247.